The topological polar surface area (TPSA) is 51.0 Å². The number of pyridine rings is 1. The third-order valence-electron chi connectivity index (χ3n) is 5.63. The molecule has 2 aromatic heterocycles. The van der Waals surface area contributed by atoms with E-state index < -0.39 is 0 Å². The second-order valence-electron chi connectivity index (χ2n) is 7.48. The number of aryl methyl sites for hydroxylation is 1. The third-order valence-corrected chi connectivity index (χ3v) is 5.63. The Kier molecular flexibility index (Phi) is 4.16. The lowest BCUT2D eigenvalue weighted by molar-refractivity contribution is 0.0983. The molecule has 3 heterocycles. The lowest BCUT2D eigenvalue weighted by Gasteiger charge is -2.23. The first-order valence-corrected chi connectivity index (χ1v) is 10.0. The van der Waals surface area contributed by atoms with Gasteiger partial charge in [0.2, 0.25) is 0 Å². The van der Waals surface area contributed by atoms with E-state index in [0.29, 0.717) is 12.1 Å². The summed E-state index contributed by atoms with van der Waals surface area (Å²) in [5, 5.41) is 5.26. The van der Waals surface area contributed by atoms with Gasteiger partial charge in [-0.05, 0) is 38.0 Å². The van der Waals surface area contributed by atoms with Crippen molar-refractivity contribution < 1.29 is 4.79 Å². The normalized spacial score (nSPS) is 15.7. The third kappa shape index (κ3) is 2.81. The smallest absolute Gasteiger partial charge is 0.259 e. The highest BCUT2D eigenvalue weighted by atomic mass is 16.2. The number of hydrogen-bond donors (Lipinski definition) is 0. The minimum Gasteiger partial charge on any atom is -0.305 e. The summed E-state index contributed by atoms with van der Waals surface area (Å²) in [5.41, 5.74) is 5.39. The lowest BCUT2D eigenvalue weighted by Crippen LogP contribution is -2.35. The van der Waals surface area contributed by atoms with Gasteiger partial charge >= 0.3 is 0 Å². The molecule has 0 bridgehead atoms. The Hall–Kier alpha value is -3.47. The number of carbonyl (C=O) groups excluding carboxylic acids is 1. The molecule has 5 heteroatoms. The molecule has 1 amide bonds. The lowest BCUT2D eigenvalue weighted by atomic mass is 10.1. The van der Waals surface area contributed by atoms with E-state index in [0.717, 1.165) is 34.4 Å². The number of fused-ring (bicyclic) bond motifs is 2. The molecule has 1 aliphatic heterocycles. The Balaban J connectivity index is 1.70. The number of anilines is 1. The molecule has 0 N–H and O–H groups in total. The number of hydrogen-bond acceptors (Lipinski definition) is 3. The quantitative estimate of drug-likeness (QED) is 0.516. The summed E-state index contributed by atoms with van der Waals surface area (Å²) >= 11 is 0. The molecule has 1 atom stereocenters. The molecular formula is C24H22N4O. The Morgan fingerprint density at radius 1 is 1.10 bits per heavy atom. The second-order valence-corrected chi connectivity index (χ2v) is 7.48. The van der Waals surface area contributed by atoms with Crippen LogP contribution in [0.5, 0.6) is 0 Å². The van der Waals surface area contributed by atoms with Crippen molar-refractivity contribution in [1.82, 2.24) is 14.8 Å². The minimum absolute atomic E-state index is 0.00249. The SMILES string of the molecule is CCn1ncc2c(C(=O)N3c4ccccc4C[C@@H]3C)cc(-c3ccccc3)nc21. The molecule has 0 spiro atoms. The number of amides is 1. The summed E-state index contributed by atoms with van der Waals surface area (Å²) in [4.78, 5) is 20.5. The zero-order valence-corrected chi connectivity index (χ0v) is 16.5. The van der Waals surface area contributed by atoms with E-state index in [2.05, 4.69) is 18.1 Å². The highest BCUT2D eigenvalue weighted by Crippen LogP contribution is 2.35. The molecule has 0 saturated carbocycles. The van der Waals surface area contributed by atoms with Gasteiger partial charge in [0, 0.05) is 23.8 Å². The van der Waals surface area contributed by atoms with E-state index in [-0.39, 0.29) is 11.9 Å². The van der Waals surface area contributed by atoms with Crippen molar-refractivity contribution in [1.29, 1.82) is 0 Å². The summed E-state index contributed by atoms with van der Waals surface area (Å²) in [6, 6.07) is 20.2. The summed E-state index contributed by atoms with van der Waals surface area (Å²) in [5.74, 6) is 0.00249. The van der Waals surface area contributed by atoms with Gasteiger partial charge in [0.1, 0.15) is 0 Å². The largest absolute Gasteiger partial charge is 0.305 e. The van der Waals surface area contributed by atoms with Crippen LogP contribution in [0.25, 0.3) is 22.3 Å². The fourth-order valence-corrected chi connectivity index (χ4v) is 4.22. The van der Waals surface area contributed by atoms with E-state index in [1.807, 2.05) is 71.1 Å². The molecule has 2 aromatic carbocycles. The molecule has 144 valence electrons. The van der Waals surface area contributed by atoms with Crippen LogP contribution in [0.4, 0.5) is 5.69 Å². The average Bonchev–Trinajstić information content (AvgIpc) is 3.32. The first kappa shape index (κ1) is 17.6. The zero-order valence-electron chi connectivity index (χ0n) is 16.5. The number of benzene rings is 2. The molecule has 4 aromatic rings. The number of nitrogens with zero attached hydrogens (tertiary/aromatic N) is 4. The van der Waals surface area contributed by atoms with Gasteiger partial charge in [0.25, 0.3) is 5.91 Å². The van der Waals surface area contributed by atoms with Crippen molar-refractivity contribution in [3.63, 3.8) is 0 Å². The summed E-state index contributed by atoms with van der Waals surface area (Å²) in [7, 11) is 0. The predicted octanol–water partition coefficient (Wildman–Crippen LogP) is 4.71. The van der Waals surface area contributed by atoms with Crippen LogP contribution in [-0.4, -0.2) is 26.7 Å². The number of carbonyl (C=O) groups is 1. The van der Waals surface area contributed by atoms with Crippen molar-refractivity contribution >= 4 is 22.6 Å². The van der Waals surface area contributed by atoms with Crippen LogP contribution in [0, 0.1) is 0 Å². The van der Waals surface area contributed by atoms with Gasteiger partial charge in [-0.15, -0.1) is 0 Å². The van der Waals surface area contributed by atoms with Crippen LogP contribution in [-0.2, 0) is 13.0 Å². The van der Waals surface area contributed by atoms with Gasteiger partial charge in [0.05, 0.1) is 22.8 Å². The van der Waals surface area contributed by atoms with Crippen molar-refractivity contribution in [2.24, 2.45) is 0 Å². The van der Waals surface area contributed by atoms with Crippen molar-refractivity contribution in [2.75, 3.05) is 4.90 Å². The van der Waals surface area contributed by atoms with Gasteiger partial charge in [-0.25, -0.2) is 9.67 Å². The van der Waals surface area contributed by atoms with Crippen LogP contribution in [0.2, 0.25) is 0 Å². The maximum absolute atomic E-state index is 13.8. The summed E-state index contributed by atoms with van der Waals surface area (Å²) in [6.07, 6.45) is 2.64. The standard InChI is InChI=1S/C24H22N4O/c1-3-27-23-20(15-25-27)19(14-21(26-23)17-9-5-4-6-10-17)24(29)28-16(2)13-18-11-7-8-12-22(18)28/h4-12,14-16H,3,13H2,1-2H3/t16-/m0/s1. The monoisotopic (exact) mass is 382 g/mol. The van der Waals surface area contributed by atoms with Crippen molar-refractivity contribution in [2.45, 2.75) is 32.9 Å². The molecule has 0 saturated heterocycles. The number of para-hydroxylation sites is 1. The van der Waals surface area contributed by atoms with E-state index in [1.165, 1.54) is 5.56 Å². The number of rotatable bonds is 3. The van der Waals surface area contributed by atoms with Crippen molar-refractivity contribution in [3.05, 3.63) is 78.0 Å². The maximum atomic E-state index is 13.8. The Morgan fingerprint density at radius 3 is 2.66 bits per heavy atom. The van der Waals surface area contributed by atoms with Gasteiger partial charge in [0.15, 0.2) is 5.65 Å². The molecule has 29 heavy (non-hydrogen) atoms. The molecule has 5 nitrogen and oxygen atoms in total. The van der Waals surface area contributed by atoms with Crippen LogP contribution in [0.3, 0.4) is 0 Å². The Labute approximate surface area is 169 Å². The van der Waals surface area contributed by atoms with Crippen LogP contribution >= 0.6 is 0 Å². The average molecular weight is 382 g/mol. The molecule has 5 rings (SSSR count). The highest BCUT2D eigenvalue weighted by molar-refractivity contribution is 6.14. The van der Waals surface area contributed by atoms with Gasteiger partial charge in [-0.2, -0.15) is 5.10 Å². The van der Waals surface area contributed by atoms with Crippen LogP contribution < -0.4 is 4.90 Å². The van der Waals surface area contributed by atoms with Crippen LogP contribution in [0.15, 0.2) is 66.9 Å². The van der Waals surface area contributed by atoms with Crippen molar-refractivity contribution in [3.8, 4) is 11.3 Å². The Bertz CT molecular complexity index is 1210. The molecule has 0 unspecified atom stereocenters. The van der Waals surface area contributed by atoms with Gasteiger partial charge in [-0.3, -0.25) is 4.79 Å². The fraction of sp³-hybridized carbons (Fsp3) is 0.208. The fourth-order valence-electron chi connectivity index (χ4n) is 4.22. The van der Waals surface area contributed by atoms with Gasteiger partial charge in [-0.1, -0.05) is 48.5 Å². The van der Waals surface area contributed by atoms with Gasteiger partial charge < -0.3 is 4.90 Å². The molecule has 0 radical (unpaired) electrons. The minimum atomic E-state index is 0.00249. The van der Waals surface area contributed by atoms with E-state index in [1.54, 1.807) is 6.20 Å². The summed E-state index contributed by atoms with van der Waals surface area (Å²) < 4.78 is 1.85. The zero-order chi connectivity index (χ0) is 20.0. The maximum Gasteiger partial charge on any atom is 0.259 e. The molecule has 1 aliphatic rings. The molecule has 0 fully saturated rings. The first-order chi connectivity index (χ1) is 14.2. The Morgan fingerprint density at radius 2 is 1.86 bits per heavy atom. The number of aromatic nitrogens is 3. The van der Waals surface area contributed by atoms with E-state index >= 15 is 0 Å². The predicted molar refractivity (Wildman–Crippen MR) is 115 cm³/mol. The molecule has 0 aliphatic carbocycles. The summed E-state index contributed by atoms with van der Waals surface area (Å²) in [6.45, 7) is 4.83. The highest BCUT2D eigenvalue weighted by Gasteiger charge is 2.32. The van der Waals surface area contributed by atoms with E-state index in [9.17, 15) is 4.79 Å². The molecular weight excluding hydrogens is 360 g/mol. The van der Waals surface area contributed by atoms with Crippen LogP contribution in [0.1, 0.15) is 29.8 Å². The second kappa shape index (κ2) is 6.85. The first-order valence-electron chi connectivity index (χ1n) is 10.0. The van der Waals surface area contributed by atoms with E-state index in [4.69, 9.17) is 4.98 Å².